The van der Waals surface area contributed by atoms with Crippen molar-refractivity contribution >= 4 is 17.9 Å². The molecule has 0 N–H and O–H groups in total. The van der Waals surface area contributed by atoms with Gasteiger partial charge in [-0.25, -0.2) is 0 Å². The van der Waals surface area contributed by atoms with Crippen LogP contribution in [0, 0.1) is 0 Å². The van der Waals surface area contributed by atoms with Crippen molar-refractivity contribution in [1.29, 1.82) is 0 Å². The zero-order valence-electron chi connectivity index (χ0n) is 39.5. The van der Waals surface area contributed by atoms with E-state index in [-0.39, 0.29) is 31.1 Å². The molecule has 1 unspecified atom stereocenters. The summed E-state index contributed by atoms with van der Waals surface area (Å²) in [5.41, 5.74) is 0. The molecule has 0 aromatic rings. The molecular formula is C54H94O6. The second-order valence-electron chi connectivity index (χ2n) is 16.7. The lowest BCUT2D eigenvalue weighted by Gasteiger charge is -2.18. The minimum Gasteiger partial charge on any atom is -0.462 e. The van der Waals surface area contributed by atoms with E-state index in [1.807, 2.05) is 0 Å². The van der Waals surface area contributed by atoms with Crippen LogP contribution in [-0.4, -0.2) is 37.2 Å². The Labute approximate surface area is 370 Å². The number of allylic oxidation sites excluding steroid dienone is 10. The molecule has 1 atom stereocenters. The summed E-state index contributed by atoms with van der Waals surface area (Å²) in [5, 5.41) is 0. The van der Waals surface area contributed by atoms with Crippen LogP contribution >= 0.6 is 0 Å². The number of hydrogen-bond acceptors (Lipinski definition) is 6. The normalized spacial score (nSPS) is 12.5. The van der Waals surface area contributed by atoms with Crippen LogP contribution in [0.4, 0.5) is 0 Å². The molecule has 0 aromatic heterocycles. The lowest BCUT2D eigenvalue weighted by Crippen LogP contribution is -2.30. The first-order valence-corrected chi connectivity index (χ1v) is 25.3. The number of carbonyl (C=O) groups is 3. The van der Waals surface area contributed by atoms with Gasteiger partial charge in [0.25, 0.3) is 0 Å². The van der Waals surface area contributed by atoms with Gasteiger partial charge in [-0.05, 0) is 103 Å². The van der Waals surface area contributed by atoms with Gasteiger partial charge >= 0.3 is 17.9 Å². The van der Waals surface area contributed by atoms with Crippen LogP contribution in [0.2, 0.25) is 0 Å². The Bertz CT molecular complexity index is 1100. The molecule has 0 rings (SSSR count). The number of esters is 3. The summed E-state index contributed by atoms with van der Waals surface area (Å²) >= 11 is 0. The highest BCUT2D eigenvalue weighted by Gasteiger charge is 2.19. The molecule has 0 heterocycles. The van der Waals surface area contributed by atoms with E-state index in [1.165, 1.54) is 103 Å². The average Bonchev–Trinajstić information content (AvgIpc) is 3.24. The molecule has 0 aromatic carbocycles. The number of carbonyl (C=O) groups excluding carboxylic acids is 3. The predicted octanol–water partition coefficient (Wildman–Crippen LogP) is 16.5. The van der Waals surface area contributed by atoms with Crippen LogP contribution < -0.4 is 0 Å². The van der Waals surface area contributed by atoms with Crippen LogP contribution in [0.25, 0.3) is 0 Å². The lowest BCUT2D eigenvalue weighted by atomic mass is 10.1. The van der Waals surface area contributed by atoms with Gasteiger partial charge in [0.15, 0.2) is 6.10 Å². The molecule has 0 radical (unpaired) electrons. The molecule has 60 heavy (non-hydrogen) atoms. The summed E-state index contributed by atoms with van der Waals surface area (Å²) in [7, 11) is 0. The topological polar surface area (TPSA) is 78.9 Å². The molecule has 6 nitrogen and oxygen atoms in total. The molecule has 0 saturated heterocycles. The maximum atomic E-state index is 12.8. The largest absolute Gasteiger partial charge is 0.462 e. The summed E-state index contributed by atoms with van der Waals surface area (Å²) in [4.78, 5) is 37.9. The molecule has 6 heteroatoms. The Morgan fingerprint density at radius 2 is 0.650 bits per heavy atom. The predicted molar refractivity (Wildman–Crippen MR) is 256 cm³/mol. The van der Waals surface area contributed by atoms with Gasteiger partial charge in [-0.2, -0.15) is 0 Å². The van der Waals surface area contributed by atoms with Gasteiger partial charge < -0.3 is 14.2 Å². The van der Waals surface area contributed by atoms with Crippen molar-refractivity contribution in [3.05, 3.63) is 60.8 Å². The first-order valence-electron chi connectivity index (χ1n) is 25.3. The van der Waals surface area contributed by atoms with Gasteiger partial charge in [0, 0.05) is 19.3 Å². The van der Waals surface area contributed by atoms with E-state index in [4.69, 9.17) is 14.2 Å². The molecule has 0 amide bonds. The number of hydrogen-bond donors (Lipinski definition) is 0. The first-order chi connectivity index (χ1) is 29.5. The molecule has 0 saturated carbocycles. The highest BCUT2D eigenvalue weighted by molar-refractivity contribution is 5.71. The van der Waals surface area contributed by atoms with E-state index >= 15 is 0 Å². The Morgan fingerprint density at radius 1 is 0.350 bits per heavy atom. The highest BCUT2D eigenvalue weighted by atomic mass is 16.6. The molecule has 0 spiro atoms. The number of ether oxygens (including phenoxy) is 3. The monoisotopic (exact) mass is 839 g/mol. The van der Waals surface area contributed by atoms with Crippen molar-refractivity contribution in [2.45, 2.75) is 252 Å². The molecule has 0 aliphatic rings. The third-order valence-corrected chi connectivity index (χ3v) is 10.7. The van der Waals surface area contributed by atoms with Crippen molar-refractivity contribution < 1.29 is 28.6 Å². The zero-order valence-corrected chi connectivity index (χ0v) is 39.5. The molecule has 0 bridgehead atoms. The van der Waals surface area contributed by atoms with Gasteiger partial charge in [0.05, 0.1) is 0 Å². The Balaban J connectivity index is 4.44. The van der Waals surface area contributed by atoms with Crippen LogP contribution in [0.1, 0.15) is 245 Å². The Hall–Kier alpha value is -2.89. The second-order valence-corrected chi connectivity index (χ2v) is 16.7. The summed E-state index contributed by atoms with van der Waals surface area (Å²) < 4.78 is 16.7. The summed E-state index contributed by atoms with van der Waals surface area (Å²) in [5.74, 6) is -0.936. The van der Waals surface area contributed by atoms with E-state index in [0.717, 1.165) is 103 Å². The van der Waals surface area contributed by atoms with E-state index in [1.54, 1.807) is 0 Å². The molecule has 0 aliphatic carbocycles. The number of unbranched alkanes of at least 4 members (excludes halogenated alkanes) is 24. The average molecular weight is 839 g/mol. The van der Waals surface area contributed by atoms with Crippen LogP contribution in [0.5, 0.6) is 0 Å². The molecule has 0 fully saturated rings. The van der Waals surface area contributed by atoms with Crippen molar-refractivity contribution in [3.63, 3.8) is 0 Å². The van der Waals surface area contributed by atoms with Gasteiger partial charge in [0.1, 0.15) is 13.2 Å². The third-order valence-electron chi connectivity index (χ3n) is 10.7. The van der Waals surface area contributed by atoms with Crippen molar-refractivity contribution in [2.24, 2.45) is 0 Å². The van der Waals surface area contributed by atoms with Gasteiger partial charge in [-0.15, -0.1) is 0 Å². The highest BCUT2D eigenvalue weighted by Crippen LogP contribution is 2.13. The lowest BCUT2D eigenvalue weighted by molar-refractivity contribution is -0.167. The van der Waals surface area contributed by atoms with Gasteiger partial charge in [-0.3, -0.25) is 14.4 Å². The third kappa shape index (κ3) is 46.2. The van der Waals surface area contributed by atoms with E-state index < -0.39 is 6.10 Å². The van der Waals surface area contributed by atoms with Crippen molar-refractivity contribution in [3.8, 4) is 0 Å². The summed E-state index contributed by atoms with van der Waals surface area (Å²) in [6.45, 7) is 6.47. The standard InChI is InChI=1S/C54H94O6/c1-4-7-10-13-16-19-22-25-27-30-32-35-38-41-44-47-53(56)59-50-51(49-58-52(55)46-43-40-37-34-31-28-24-21-18-15-12-9-6-3)60-54(57)48-45-42-39-36-33-29-26-23-20-17-14-11-8-5-2/h9,12,18,21,23,25-28,31,51H,4-8,10-11,13-17,19-20,22,24,29-30,32-50H2,1-3H3/b12-9-,21-18-,26-23-,27-25-,31-28-. The number of rotatable bonds is 45. The fourth-order valence-corrected chi connectivity index (χ4v) is 6.92. The summed E-state index contributed by atoms with van der Waals surface area (Å²) in [6, 6.07) is 0. The maximum absolute atomic E-state index is 12.8. The van der Waals surface area contributed by atoms with Gasteiger partial charge in [0.2, 0.25) is 0 Å². The zero-order chi connectivity index (χ0) is 43.7. The molecular weight excluding hydrogens is 745 g/mol. The second kappa shape index (κ2) is 48.8. The van der Waals surface area contributed by atoms with Crippen molar-refractivity contribution in [1.82, 2.24) is 0 Å². The van der Waals surface area contributed by atoms with E-state index in [9.17, 15) is 14.4 Å². The van der Waals surface area contributed by atoms with E-state index in [0.29, 0.717) is 19.3 Å². The van der Waals surface area contributed by atoms with Gasteiger partial charge in [-0.1, -0.05) is 184 Å². The fourth-order valence-electron chi connectivity index (χ4n) is 6.92. The summed E-state index contributed by atoms with van der Waals surface area (Å²) in [6.07, 6.45) is 59.2. The molecule has 346 valence electrons. The van der Waals surface area contributed by atoms with Crippen molar-refractivity contribution in [2.75, 3.05) is 13.2 Å². The van der Waals surface area contributed by atoms with Crippen LogP contribution in [0.15, 0.2) is 60.8 Å². The molecule has 0 aliphatic heterocycles. The minimum absolute atomic E-state index is 0.0911. The SMILES string of the molecule is CC/C=C\C/C=C\C/C=C\CCCCCC(=O)OCC(COC(=O)CCCCCCC/C=C\CCCCCCCC)OC(=O)CCCCCCC/C=C\CCCCCCC. The van der Waals surface area contributed by atoms with Crippen LogP contribution in [-0.2, 0) is 28.6 Å². The smallest absolute Gasteiger partial charge is 0.306 e. The first kappa shape index (κ1) is 57.1. The Morgan fingerprint density at radius 3 is 1.05 bits per heavy atom. The maximum Gasteiger partial charge on any atom is 0.306 e. The fraction of sp³-hybridized carbons (Fsp3) is 0.759. The minimum atomic E-state index is -0.792. The Kier molecular flexibility index (Phi) is 46.4. The quantitative estimate of drug-likeness (QED) is 0.0263. The van der Waals surface area contributed by atoms with Crippen LogP contribution in [0.3, 0.4) is 0 Å². The van der Waals surface area contributed by atoms with E-state index in [2.05, 4.69) is 81.5 Å².